The minimum Gasteiger partial charge on any atom is -0.307 e. The maximum Gasteiger partial charge on any atom is 0.416 e. The van der Waals surface area contributed by atoms with Crippen LogP contribution in [-0.2, 0) is 19.3 Å². The fourth-order valence-corrected chi connectivity index (χ4v) is 1.95. The molecule has 0 spiro atoms. The zero-order chi connectivity index (χ0) is 15.5. The predicted molar refractivity (Wildman–Crippen MR) is 70.9 cm³/mol. The van der Waals surface area contributed by atoms with Gasteiger partial charge in [-0.25, -0.2) is 4.39 Å². The van der Waals surface area contributed by atoms with Gasteiger partial charge < -0.3 is 5.32 Å². The lowest BCUT2D eigenvalue weighted by Gasteiger charge is -2.10. The second-order valence-electron chi connectivity index (χ2n) is 4.72. The third-order valence-corrected chi connectivity index (χ3v) is 2.87. The van der Waals surface area contributed by atoms with Gasteiger partial charge >= 0.3 is 6.18 Å². The Hall–Kier alpha value is -1.95. The van der Waals surface area contributed by atoms with E-state index in [4.69, 9.17) is 0 Å². The zero-order valence-corrected chi connectivity index (χ0v) is 11.3. The Morgan fingerprint density at radius 2 is 1.86 bits per heavy atom. The lowest BCUT2D eigenvalue weighted by atomic mass is 10.1. The smallest absolute Gasteiger partial charge is 0.307 e. The van der Waals surface area contributed by atoms with E-state index in [1.54, 1.807) is 0 Å². The normalized spacial score (nSPS) is 11.7. The largest absolute Gasteiger partial charge is 0.416 e. The van der Waals surface area contributed by atoms with Gasteiger partial charge in [0.15, 0.2) is 0 Å². The van der Waals surface area contributed by atoms with Crippen molar-refractivity contribution in [3.05, 3.63) is 64.7 Å². The first kappa shape index (κ1) is 15.4. The minimum absolute atomic E-state index is 0.135. The molecule has 0 saturated heterocycles. The van der Waals surface area contributed by atoms with Crippen LogP contribution < -0.4 is 5.32 Å². The number of rotatable bonds is 4. The van der Waals surface area contributed by atoms with Crippen LogP contribution in [0.4, 0.5) is 17.6 Å². The summed E-state index contributed by atoms with van der Waals surface area (Å²) in [6.07, 6.45) is -4.55. The zero-order valence-electron chi connectivity index (χ0n) is 11.3. The molecule has 0 aliphatic carbocycles. The van der Waals surface area contributed by atoms with E-state index in [-0.39, 0.29) is 12.1 Å². The summed E-state index contributed by atoms with van der Waals surface area (Å²) in [6.45, 7) is 2.39. The van der Waals surface area contributed by atoms with Gasteiger partial charge in [-0.05, 0) is 42.8 Å². The predicted octanol–water partition coefficient (Wildman–Crippen LogP) is 3.84. The first-order valence-electron chi connectivity index (χ1n) is 6.34. The highest BCUT2D eigenvalue weighted by molar-refractivity contribution is 5.26. The molecule has 0 aliphatic heterocycles. The summed E-state index contributed by atoms with van der Waals surface area (Å²) in [5.74, 6) is -0.893. The standard InChI is InChI=1S/C15H14F4N2/c1-10-3-2-4-14(21-10)9-20-8-11-5-12(15(17,18)19)7-13(16)6-11/h2-7,20H,8-9H2,1H3. The average molecular weight is 298 g/mol. The van der Waals surface area contributed by atoms with Crippen LogP contribution in [0.25, 0.3) is 0 Å². The summed E-state index contributed by atoms with van der Waals surface area (Å²) in [7, 11) is 0. The van der Waals surface area contributed by atoms with Crippen LogP contribution in [0.3, 0.4) is 0 Å². The van der Waals surface area contributed by atoms with Crippen LogP contribution in [0, 0.1) is 12.7 Å². The number of pyridine rings is 1. The van der Waals surface area contributed by atoms with Crippen molar-refractivity contribution in [2.24, 2.45) is 0 Å². The minimum atomic E-state index is -4.55. The molecule has 1 aromatic heterocycles. The highest BCUT2D eigenvalue weighted by atomic mass is 19.4. The maximum absolute atomic E-state index is 13.2. The SMILES string of the molecule is Cc1cccc(CNCc2cc(F)cc(C(F)(F)F)c2)n1. The molecule has 1 N–H and O–H groups in total. The van der Waals surface area contributed by atoms with Crippen molar-refractivity contribution in [2.75, 3.05) is 0 Å². The van der Waals surface area contributed by atoms with Gasteiger partial charge in [-0.3, -0.25) is 4.98 Å². The van der Waals surface area contributed by atoms with Crippen LogP contribution in [0.15, 0.2) is 36.4 Å². The third-order valence-electron chi connectivity index (χ3n) is 2.87. The summed E-state index contributed by atoms with van der Waals surface area (Å²) in [4.78, 5) is 4.26. The molecule has 112 valence electrons. The van der Waals surface area contributed by atoms with Gasteiger partial charge in [-0.1, -0.05) is 6.07 Å². The summed E-state index contributed by atoms with van der Waals surface area (Å²) in [6, 6.07) is 8.04. The van der Waals surface area contributed by atoms with Gasteiger partial charge in [-0.2, -0.15) is 13.2 Å². The van der Waals surface area contributed by atoms with Gasteiger partial charge in [0.1, 0.15) is 5.82 Å². The molecule has 0 unspecified atom stereocenters. The molecule has 0 aliphatic rings. The molecule has 6 heteroatoms. The molecule has 1 heterocycles. The number of alkyl halides is 3. The maximum atomic E-state index is 13.2. The molecule has 0 amide bonds. The average Bonchev–Trinajstić information content (AvgIpc) is 2.37. The van der Waals surface area contributed by atoms with Crippen molar-refractivity contribution in [1.82, 2.24) is 10.3 Å². The van der Waals surface area contributed by atoms with E-state index in [0.717, 1.165) is 23.5 Å². The molecule has 0 bridgehead atoms. The molecule has 0 radical (unpaired) electrons. The van der Waals surface area contributed by atoms with Gasteiger partial charge in [0.2, 0.25) is 0 Å². The van der Waals surface area contributed by atoms with Crippen molar-refractivity contribution in [2.45, 2.75) is 26.2 Å². The number of hydrogen-bond acceptors (Lipinski definition) is 2. The number of aryl methyl sites for hydroxylation is 1. The number of hydrogen-bond donors (Lipinski definition) is 1. The van der Waals surface area contributed by atoms with Crippen molar-refractivity contribution < 1.29 is 17.6 Å². The number of nitrogens with zero attached hydrogens (tertiary/aromatic N) is 1. The van der Waals surface area contributed by atoms with Crippen molar-refractivity contribution >= 4 is 0 Å². The second kappa shape index (κ2) is 6.22. The Kier molecular flexibility index (Phi) is 4.57. The molecule has 2 aromatic rings. The Morgan fingerprint density at radius 3 is 2.52 bits per heavy atom. The fraction of sp³-hybridized carbons (Fsp3) is 0.267. The van der Waals surface area contributed by atoms with Crippen LogP contribution in [0.2, 0.25) is 0 Å². The van der Waals surface area contributed by atoms with Gasteiger partial charge in [-0.15, -0.1) is 0 Å². The summed E-state index contributed by atoms with van der Waals surface area (Å²) in [5, 5.41) is 2.95. The number of nitrogens with one attached hydrogen (secondary N) is 1. The molecule has 0 atom stereocenters. The molecule has 21 heavy (non-hydrogen) atoms. The van der Waals surface area contributed by atoms with Crippen LogP contribution in [0.5, 0.6) is 0 Å². The Bertz CT molecular complexity index is 623. The van der Waals surface area contributed by atoms with Gasteiger partial charge in [0, 0.05) is 18.8 Å². The van der Waals surface area contributed by atoms with E-state index < -0.39 is 17.6 Å². The molecule has 0 fully saturated rings. The van der Waals surface area contributed by atoms with E-state index in [1.165, 1.54) is 0 Å². The topological polar surface area (TPSA) is 24.9 Å². The van der Waals surface area contributed by atoms with Crippen molar-refractivity contribution in [3.63, 3.8) is 0 Å². The molecule has 2 nitrogen and oxygen atoms in total. The van der Waals surface area contributed by atoms with Crippen molar-refractivity contribution in [1.29, 1.82) is 0 Å². The highest BCUT2D eigenvalue weighted by Crippen LogP contribution is 2.30. The van der Waals surface area contributed by atoms with Crippen molar-refractivity contribution in [3.8, 4) is 0 Å². The van der Waals surface area contributed by atoms with E-state index in [2.05, 4.69) is 10.3 Å². The second-order valence-corrected chi connectivity index (χ2v) is 4.72. The molecular weight excluding hydrogens is 284 g/mol. The fourth-order valence-electron chi connectivity index (χ4n) is 1.95. The van der Waals surface area contributed by atoms with E-state index in [9.17, 15) is 17.6 Å². The monoisotopic (exact) mass is 298 g/mol. The highest BCUT2D eigenvalue weighted by Gasteiger charge is 2.31. The Labute approximate surface area is 119 Å². The van der Waals surface area contributed by atoms with Crippen LogP contribution >= 0.6 is 0 Å². The Morgan fingerprint density at radius 1 is 1.10 bits per heavy atom. The van der Waals surface area contributed by atoms with E-state index >= 15 is 0 Å². The summed E-state index contributed by atoms with van der Waals surface area (Å²) < 4.78 is 51.0. The van der Waals surface area contributed by atoms with Gasteiger partial charge in [0.05, 0.1) is 11.3 Å². The molecule has 0 saturated carbocycles. The van der Waals surface area contributed by atoms with Gasteiger partial charge in [0.25, 0.3) is 0 Å². The first-order chi connectivity index (χ1) is 9.84. The third kappa shape index (κ3) is 4.53. The van der Waals surface area contributed by atoms with Crippen LogP contribution in [0.1, 0.15) is 22.5 Å². The number of benzene rings is 1. The molecule has 2 rings (SSSR count). The molecular formula is C15H14F4N2. The lowest BCUT2D eigenvalue weighted by Crippen LogP contribution is -2.15. The quantitative estimate of drug-likeness (QED) is 0.868. The lowest BCUT2D eigenvalue weighted by molar-refractivity contribution is -0.137. The summed E-state index contributed by atoms with van der Waals surface area (Å²) >= 11 is 0. The summed E-state index contributed by atoms with van der Waals surface area (Å²) in [5.41, 5.74) is 0.907. The van der Waals surface area contributed by atoms with E-state index in [1.807, 2.05) is 25.1 Å². The molecule has 1 aromatic carbocycles. The van der Waals surface area contributed by atoms with E-state index in [0.29, 0.717) is 12.6 Å². The van der Waals surface area contributed by atoms with Crippen LogP contribution in [-0.4, -0.2) is 4.98 Å². The number of halogens is 4. The first-order valence-corrected chi connectivity index (χ1v) is 6.34. The Balaban J connectivity index is 2.02. The number of aromatic nitrogens is 1.